The Morgan fingerprint density at radius 1 is 1.16 bits per heavy atom. The number of nitrogens with zero attached hydrogens (tertiary/aromatic N) is 1. The van der Waals surface area contributed by atoms with Gasteiger partial charge in [-0.1, -0.05) is 44.2 Å². The van der Waals surface area contributed by atoms with Crippen LogP contribution in [0.3, 0.4) is 0 Å². The minimum Gasteiger partial charge on any atom is -0.497 e. The summed E-state index contributed by atoms with van der Waals surface area (Å²) in [6, 6.07) is 16.0. The van der Waals surface area contributed by atoms with Crippen LogP contribution in [-0.4, -0.2) is 31.5 Å². The molecule has 1 atom stereocenters. The average molecular weight is 340 g/mol. The largest absolute Gasteiger partial charge is 0.497 e. The standard InChI is InChI=1S/C21H28N2O2/c1-5-16(2)19-8-6-7-9-20(19)22-21(24)15-23(3)14-17-10-12-18(25-4)13-11-17/h6-13,16H,5,14-15H2,1-4H3,(H,22,24)/t16-/m0/s1. The zero-order valence-corrected chi connectivity index (χ0v) is 15.6. The second-order valence-corrected chi connectivity index (χ2v) is 6.47. The molecule has 1 amide bonds. The first-order valence-corrected chi connectivity index (χ1v) is 8.73. The third-order valence-electron chi connectivity index (χ3n) is 4.40. The van der Waals surface area contributed by atoms with Crippen molar-refractivity contribution in [3.8, 4) is 5.75 Å². The summed E-state index contributed by atoms with van der Waals surface area (Å²) >= 11 is 0. The van der Waals surface area contributed by atoms with E-state index in [4.69, 9.17) is 4.74 Å². The van der Waals surface area contributed by atoms with E-state index in [-0.39, 0.29) is 5.91 Å². The highest BCUT2D eigenvalue weighted by atomic mass is 16.5. The number of nitrogens with one attached hydrogen (secondary N) is 1. The summed E-state index contributed by atoms with van der Waals surface area (Å²) in [5.41, 5.74) is 3.26. The van der Waals surface area contributed by atoms with E-state index in [1.54, 1.807) is 7.11 Å². The van der Waals surface area contributed by atoms with Crippen molar-refractivity contribution in [1.82, 2.24) is 4.90 Å². The molecule has 0 radical (unpaired) electrons. The van der Waals surface area contributed by atoms with Crippen molar-refractivity contribution in [1.29, 1.82) is 0 Å². The van der Waals surface area contributed by atoms with Gasteiger partial charge in [-0.2, -0.15) is 0 Å². The van der Waals surface area contributed by atoms with E-state index in [1.807, 2.05) is 54.4 Å². The van der Waals surface area contributed by atoms with Crippen molar-refractivity contribution < 1.29 is 9.53 Å². The molecule has 2 aromatic rings. The Bertz CT molecular complexity index is 683. The van der Waals surface area contributed by atoms with Gasteiger partial charge in [0.05, 0.1) is 13.7 Å². The predicted octanol–water partition coefficient (Wildman–Crippen LogP) is 4.28. The van der Waals surface area contributed by atoms with Gasteiger partial charge < -0.3 is 10.1 Å². The maximum Gasteiger partial charge on any atom is 0.238 e. The lowest BCUT2D eigenvalue weighted by molar-refractivity contribution is -0.117. The summed E-state index contributed by atoms with van der Waals surface area (Å²) in [7, 11) is 3.60. The second kappa shape index (κ2) is 9.23. The molecule has 0 unspecified atom stereocenters. The van der Waals surface area contributed by atoms with Gasteiger partial charge in [-0.15, -0.1) is 0 Å². The molecule has 2 aromatic carbocycles. The molecule has 0 aromatic heterocycles. The Balaban J connectivity index is 1.93. The Hall–Kier alpha value is -2.33. The number of anilines is 1. The minimum atomic E-state index is 0.00626. The van der Waals surface area contributed by atoms with E-state index in [0.717, 1.165) is 23.4 Å². The van der Waals surface area contributed by atoms with Crippen LogP contribution < -0.4 is 10.1 Å². The number of benzene rings is 2. The highest BCUT2D eigenvalue weighted by Gasteiger charge is 2.12. The first-order chi connectivity index (χ1) is 12.0. The van der Waals surface area contributed by atoms with Crippen LogP contribution in [0.2, 0.25) is 0 Å². The first kappa shape index (κ1) is 19.0. The Morgan fingerprint density at radius 3 is 2.48 bits per heavy atom. The van der Waals surface area contributed by atoms with Crippen LogP contribution in [0.1, 0.15) is 37.3 Å². The van der Waals surface area contributed by atoms with E-state index >= 15 is 0 Å². The molecule has 0 bridgehead atoms. The van der Waals surface area contributed by atoms with Gasteiger partial charge in [0.15, 0.2) is 0 Å². The van der Waals surface area contributed by atoms with E-state index in [0.29, 0.717) is 19.0 Å². The van der Waals surface area contributed by atoms with Gasteiger partial charge in [0.2, 0.25) is 5.91 Å². The maximum atomic E-state index is 12.4. The summed E-state index contributed by atoms with van der Waals surface area (Å²) in [6.45, 7) is 5.40. The molecule has 0 spiro atoms. The molecule has 0 saturated heterocycles. The quantitative estimate of drug-likeness (QED) is 0.780. The fourth-order valence-corrected chi connectivity index (χ4v) is 2.79. The molecule has 4 nitrogen and oxygen atoms in total. The summed E-state index contributed by atoms with van der Waals surface area (Å²) in [5, 5.41) is 3.06. The third kappa shape index (κ3) is 5.61. The molecule has 134 valence electrons. The SMILES string of the molecule is CC[C@H](C)c1ccccc1NC(=O)CN(C)Cc1ccc(OC)cc1. The molecule has 2 rings (SSSR count). The van der Waals surface area contributed by atoms with Crippen LogP contribution in [0.25, 0.3) is 0 Å². The number of para-hydroxylation sites is 1. The smallest absolute Gasteiger partial charge is 0.238 e. The number of carbonyl (C=O) groups excluding carboxylic acids is 1. The predicted molar refractivity (Wildman–Crippen MR) is 103 cm³/mol. The van der Waals surface area contributed by atoms with Gasteiger partial charge in [-0.25, -0.2) is 0 Å². The summed E-state index contributed by atoms with van der Waals surface area (Å²) < 4.78 is 5.17. The van der Waals surface area contributed by atoms with Gasteiger partial charge in [0.1, 0.15) is 5.75 Å². The topological polar surface area (TPSA) is 41.6 Å². The highest BCUT2D eigenvalue weighted by molar-refractivity contribution is 5.93. The summed E-state index contributed by atoms with van der Waals surface area (Å²) in [6.07, 6.45) is 1.05. The number of rotatable bonds is 8. The minimum absolute atomic E-state index is 0.00626. The number of hydrogen-bond donors (Lipinski definition) is 1. The molecule has 4 heteroatoms. The zero-order chi connectivity index (χ0) is 18.2. The summed E-state index contributed by atoms with van der Waals surface area (Å²) in [4.78, 5) is 14.4. The van der Waals surface area contributed by atoms with Crippen LogP contribution in [-0.2, 0) is 11.3 Å². The van der Waals surface area contributed by atoms with Gasteiger partial charge >= 0.3 is 0 Å². The maximum absolute atomic E-state index is 12.4. The van der Waals surface area contributed by atoms with E-state index in [2.05, 4.69) is 25.2 Å². The highest BCUT2D eigenvalue weighted by Crippen LogP contribution is 2.26. The number of hydrogen-bond acceptors (Lipinski definition) is 3. The van der Waals surface area contributed by atoms with Gasteiger partial charge in [-0.05, 0) is 48.7 Å². The Kier molecular flexibility index (Phi) is 7.02. The molecule has 0 aliphatic heterocycles. The van der Waals surface area contributed by atoms with Crippen LogP contribution in [0, 0.1) is 0 Å². The molecular weight excluding hydrogens is 312 g/mol. The van der Waals surface area contributed by atoms with Crippen molar-refractivity contribution in [2.45, 2.75) is 32.7 Å². The number of amides is 1. The van der Waals surface area contributed by atoms with Crippen molar-refractivity contribution in [2.75, 3.05) is 26.0 Å². The monoisotopic (exact) mass is 340 g/mol. The number of ether oxygens (including phenoxy) is 1. The molecule has 1 N–H and O–H groups in total. The number of methoxy groups -OCH3 is 1. The molecule has 0 aliphatic carbocycles. The molecular formula is C21H28N2O2. The molecule has 0 aliphatic rings. The van der Waals surface area contributed by atoms with Crippen molar-refractivity contribution in [3.63, 3.8) is 0 Å². The van der Waals surface area contributed by atoms with Crippen molar-refractivity contribution in [2.24, 2.45) is 0 Å². The molecule has 0 heterocycles. The van der Waals surface area contributed by atoms with E-state index in [9.17, 15) is 4.79 Å². The van der Waals surface area contributed by atoms with Crippen LogP contribution in [0.4, 0.5) is 5.69 Å². The summed E-state index contributed by atoms with van der Waals surface area (Å²) in [5.74, 6) is 1.27. The van der Waals surface area contributed by atoms with E-state index < -0.39 is 0 Å². The third-order valence-corrected chi connectivity index (χ3v) is 4.40. The molecule has 25 heavy (non-hydrogen) atoms. The van der Waals surface area contributed by atoms with Gasteiger partial charge in [0, 0.05) is 12.2 Å². The van der Waals surface area contributed by atoms with Crippen LogP contribution in [0.15, 0.2) is 48.5 Å². The number of likely N-dealkylation sites (N-methyl/N-ethyl adjacent to an activating group) is 1. The zero-order valence-electron chi connectivity index (χ0n) is 15.6. The Morgan fingerprint density at radius 2 is 1.84 bits per heavy atom. The lowest BCUT2D eigenvalue weighted by Gasteiger charge is -2.19. The van der Waals surface area contributed by atoms with Crippen LogP contribution >= 0.6 is 0 Å². The average Bonchev–Trinajstić information content (AvgIpc) is 2.62. The van der Waals surface area contributed by atoms with E-state index in [1.165, 1.54) is 5.56 Å². The lowest BCUT2D eigenvalue weighted by atomic mass is 9.97. The first-order valence-electron chi connectivity index (χ1n) is 8.73. The fraction of sp³-hybridized carbons (Fsp3) is 0.381. The fourth-order valence-electron chi connectivity index (χ4n) is 2.79. The van der Waals surface area contributed by atoms with Gasteiger partial charge in [-0.3, -0.25) is 9.69 Å². The Labute approximate surface area is 150 Å². The van der Waals surface area contributed by atoms with Gasteiger partial charge in [0.25, 0.3) is 0 Å². The van der Waals surface area contributed by atoms with Crippen molar-refractivity contribution in [3.05, 3.63) is 59.7 Å². The number of carbonyl (C=O) groups is 1. The van der Waals surface area contributed by atoms with Crippen LogP contribution in [0.5, 0.6) is 5.75 Å². The molecule has 0 fully saturated rings. The normalized spacial score (nSPS) is 12.0. The molecule has 0 saturated carbocycles. The second-order valence-electron chi connectivity index (χ2n) is 6.47. The lowest BCUT2D eigenvalue weighted by Crippen LogP contribution is -2.30. The van der Waals surface area contributed by atoms with Crippen molar-refractivity contribution >= 4 is 11.6 Å².